The van der Waals surface area contributed by atoms with E-state index in [1.165, 1.54) is 64.7 Å². The maximum absolute atomic E-state index is 3.57. The first-order valence-corrected chi connectivity index (χ1v) is 8.65. The minimum Gasteiger partial charge on any atom is -0.316 e. The molecule has 4 unspecified atom stereocenters. The number of nitrogens with one attached hydrogen (secondary N) is 1. The SMILES string of the molecule is CCCN(CC1CCCNC1)C1CCC(C)C(C)C1. The number of hydrogen-bond acceptors (Lipinski definition) is 2. The van der Waals surface area contributed by atoms with Gasteiger partial charge in [-0.25, -0.2) is 0 Å². The van der Waals surface area contributed by atoms with Crippen molar-refractivity contribution in [3.05, 3.63) is 0 Å². The van der Waals surface area contributed by atoms with Crippen molar-refractivity contribution >= 4 is 0 Å². The van der Waals surface area contributed by atoms with Crippen molar-refractivity contribution in [1.29, 1.82) is 0 Å². The molecule has 1 aliphatic carbocycles. The molecule has 1 heterocycles. The summed E-state index contributed by atoms with van der Waals surface area (Å²) in [4.78, 5) is 2.83. The van der Waals surface area contributed by atoms with E-state index in [2.05, 4.69) is 31.0 Å². The topological polar surface area (TPSA) is 15.3 Å². The molecule has 1 saturated heterocycles. The van der Waals surface area contributed by atoms with E-state index in [4.69, 9.17) is 0 Å². The van der Waals surface area contributed by atoms with Crippen LogP contribution in [0.4, 0.5) is 0 Å². The summed E-state index contributed by atoms with van der Waals surface area (Å²) in [5, 5.41) is 3.57. The van der Waals surface area contributed by atoms with Crippen LogP contribution in [0.2, 0.25) is 0 Å². The number of rotatable bonds is 5. The molecule has 0 spiro atoms. The van der Waals surface area contributed by atoms with Crippen molar-refractivity contribution in [2.45, 2.75) is 65.3 Å². The molecule has 2 rings (SSSR count). The second-order valence-corrected chi connectivity index (χ2v) is 7.13. The minimum absolute atomic E-state index is 0.869. The van der Waals surface area contributed by atoms with Gasteiger partial charge in [-0.05, 0) is 75.9 Å². The predicted octanol–water partition coefficient (Wildman–Crippen LogP) is 3.52. The smallest absolute Gasteiger partial charge is 0.00981 e. The summed E-state index contributed by atoms with van der Waals surface area (Å²) in [7, 11) is 0. The molecule has 2 fully saturated rings. The summed E-state index contributed by atoms with van der Waals surface area (Å²) in [6, 6.07) is 0.869. The van der Waals surface area contributed by atoms with E-state index in [0.717, 1.165) is 23.8 Å². The third-order valence-electron chi connectivity index (χ3n) is 5.49. The molecular weight excluding hydrogens is 232 g/mol. The van der Waals surface area contributed by atoms with Crippen molar-refractivity contribution < 1.29 is 0 Å². The monoisotopic (exact) mass is 266 g/mol. The zero-order chi connectivity index (χ0) is 13.7. The highest BCUT2D eigenvalue weighted by molar-refractivity contribution is 4.84. The van der Waals surface area contributed by atoms with E-state index in [1.54, 1.807) is 0 Å². The molecule has 4 atom stereocenters. The quantitative estimate of drug-likeness (QED) is 0.819. The lowest BCUT2D eigenvalue weighted by molar-refractivity contribution is 0.0888. The second kappa shape index (κ2) is 7.64. The Morgan fingerprint density at radius 2 is 1.95 bits per heavy atom. The summed E-state index contributed by atoms with van der Waals surface area (Å²) in [5.74, 6) is 2.76. The molecule has 2 heteroatoms. The first kappa shape index (κ1) is 15.3. The van der Waals surface area contributed by atoms with Crippen molar-refractivity contribution in [2.24, 2.45) is 17.8 Å². The normalized spacial score (nSPS) is 36.6. The highest BCUT2D eigenvalue weighted by Gasteiger charge is 2.29. The molecule has 1 N–H and O–H groups in total. The van der Waals surface area contributed by atoms with Crippen LogP contribution in [0, 0.1) is 17.8 Å². The summed E-state index contributed by atoms with van der Waals surface area (Å²) in [6.07, 6.45) is 8.43. The van der Waals surface area contributed by atoms with Gasteiger partial charge in [0.15, 0.2) is 0 Å². The fourth-order valence-corrected chi connectivity index (χ4v) is 3.97. The molecule has 1 aliphatic heterocycles. The Bertz CT molecular complexity index is 248. The molecular formula is C17H34N2. The Morgan fingerprint density at radius 3 is 2.58 bits per heavy atom. The van der Waals surface area contributed by atoms with Crippen LogP contribution in [0.25, 0.3) is 0 Å². The van der Waals surface area contributed by atoms with E-state index in [1.807, 2.05) is 0 Å². The van der Waals surface area contributed by atoms with Crippen LogP contribution in [-0.2, 0) is 0 Å². The van der Waals surface area contributed by atoms with E-state index in [-0.39, 0.29) is 0 Å². The molecule has 112 valence electrons. The Labute approximate surface area is 120 Å². The van der Waals surface area contributed by atoms with Crippen LogP contribution in [0.1, 0.15) is 59.3 Å². The van der Waals surface area contributed by atoms with Crippen LogP contribution in [0.15, 0.2) is 0 Å². The van der Waals surface area contributed by atoms with Crippen LogP contribution >= 0.6 is 0 Å². The third-order valence-corrected chi connectivity index (χ3v) is 5.49. The van der Waals surface area contributed by atoms with E-state index in [9.17, 15) is 0 Å². The summed E-state index contributed by atoms with van der Waals surface area (Å²) >= 11 is 0. The Morgan fingerprint density at radius 1 is 1.11 bits per heavy atom. The van der Waals surface area contributed by atoms with Gasteiger partial charge in [0.2, 0.25) is 0 Å². The van der Waals surface area contributed by atoms with E-state index < -0.39 is 0 Å². The van der Waals surface area contributed by atoms with Crippen LogP contribution in [-0.4, -0.2) is 37.1 Å². The van der Waals surface area contributed by atoms with Crippen molar-refractivity contribution in [1.82, 2.24) is 10.2 Å². The van der Waals surface area contributed by atoms with Gasteiger partial charge in [0.25, 0.3) is 0 Å². The molecule has 2 nitrogen and oxygen atoms in total. The lowest BCUT2D eigenvalue weighted by Crippen LogP contribution is -2.45. The van der Waals surface area contributed by atoms with Crippen LogP contribution in [0.3, 0.4) is 0 Å². The number of hydrogen-bond donors (Lipinski definition) is 1. The summed E-state index contributed by atoms with van der Waals surface area (Å²) < 4.78 is 0. The Hall–Kier alpha value is -0.0800. The first-order valence-electron chi connectivity index (χ1n) is 8.65. The van der Waals surface area contributed by atoms with Crippen LogP contribution < -0.4 is 5.32 Å². The molecule has 1 saturated carbocycles. The maximum atomic E-state index is 3.57. The van der Waals surface area contributed by atoms with E-state index in [0.29, 0.717) is 0 Å². The summed E-state index contributed by atoms with van der Waals surface area (Å²) in [5.41, 5.74) is 0. The highest BCUT2D eigenvalue weighted by Crippen LogP contribution is 2.32. The van der Waals surface area contributed by atoms with Crippen molar-refractivity contribution in [3.8, 4) is 0 Å². The molecule has 19 heavy (non-hydrogen) atoms. The average Bonchev–Trinajstić information content (AvgIpc) is 2.43. The van der Waals surface area contributed by atoms with Gasteiger partial charge in [0, 0.05) is 12.6 Å². The van der Waals surface area contributed by atoms with Gasteiger partial charge in [0.1, 0.15) is 0 Å². The van der Waals surface area contributed by atoms with Gasteiger partial charge in [-0.15, -0.1) is 0 Å². The van der Waals surface area contributed by atoms with Gasteiger partial charge in [0.05, 0.1) is 0 Å². The van der Waals surface area contributed by atoms with Gasteiger partial charge in [-0.3, -0.25) is 0 Å². The van der Waals surface area contributed by atoms with Crippen LogP contribution in [0.5, 0.6) is 0 Å². The lowest BCUT2D eigenvalue weighted by Gasteiger charge is -2.41. The Kier molecular flexibility index (Phi) is 6.15. The fourth-order valence-electron chi connectivity index (χ4n) is 3.97. The molecule has 0 bridgehead atoms. The predicted molar refractivity (Wildman–Crippen MR) is 83.4 cm³/mol. The third kappa shape index (κ3) is 4.46. The second-order valence-electron chi connectivity index (χ2n) is 7.13. The molecule has 0 aromatic carbocycles. The van der Waals surface area contributed by atoms with Gasteiger partial charge >= 0.3 is 0 Å². The molecule has 0 aromatic heterocycles. The van der Waals surface area contributed by atoms with Gasteiger partial charge in [-0.1, -0.05) is 20.8 Å². The fraction of sp³-hybridized carbons (Fsp3) is 1.00. The van der Waals surface area contributed by atoms with Crippen molar-refractivity contribution in [3.63, 3.8) is 0 Å². The molecule has 0 amide bonds. The maximum Gasteiger partial charge on any atom is 0.00981 e. The number of nitrogens with zero attached hydrogens (tertiary/aromatic N) is 1. The average molecular weight is 266 g/mol. The summed E-state index contributed by atoms with van der Waals surface area (Å²) in [6.45, 7) is 12.4. The molecule has 2 aliphatic rings. The largest absolute Gasteiger partial charge is 0.316 e. The van der Waals surface area contributed by atoms with Gasteiger partial charge in [-0.2, -0.15) is 0 Å². The number of piperidine rings is 1. The zero-order valence-corrected chi connectivity index (χ0v) is 13.3. The lowest BCUT2D eigenvalue weighted by atomic mass is 9.78. The first-order chi connectivity index (χ1) is 9.20. The zero-order valence-electron chi connectivity index (χ0n) is 13.3. The highest BCUT2D eigenvalue weighted by atomic mass is 15.2. The van der Waals surface area contributed by atoms with Crippen molar-refractivity contribution in [2.75, 3.05) is 26.2 Å². The standard InChI is InChI=1S/C17H34N2/c1-4-10-19(13-16-6-5-9-18-12-16)17-8-7-14(2)15(3)11-17/h14-18H,4-13H2,1-3H3. The molecule has 0 aromatic rings. The molecule has 0 radical (unpaired) electrons. The Balaban J connectivity index is 1.87. The minimum atomic E-state index is 0.869. The van der Waals surface area contributed by atoms with Gasteiger partial charge < -0.3 is 10.2 Å². The van der Waals surface area contributed by atoms with E-state index >= 15 is 0 Å².